The maximum Gasteiger partial charge on any atom is 0.213 e. The second-order valence-corrected chi connectivity index (χ2v) is 3.81. The van der Waals surface area contributed by atoms with Crippen LogP contribution in [0.25, 0.3) is 0 Å². The number of hydrogen-bond donors (Lipinski definition) is 1. The Kier molecular flexibility index (Phi) is 4.46. The summed E-state index contributed by atoms with van der Waals surface area (Å²) < 4.78 is 6.13. The van der Waals surface area contributed by atoms with Gasteiger partial charge in [0.15, 0.2) is 0 Å². The summed E-state index contributed by atoms with van der Waals surface area (Å²) in [6.45, 7) is 6.99. The third-order valence-corrected chi connectivity index (χ3v) is 1.79. The van der Waals surface area contributed by atoms with Crippen LogP contribution in [-0.2, 0) is 0 Å². The molecule has 0 amide bonds. The molecule has 0 radical (unpaired) electrons. The lowest BCUT2D eigenvalue weighted by atomic mass is 10.4. The van der Waals surface area contributed by atoms with Crippen LogP contribution in [0.15, 0.2) is 29.4 Å². The molecule has 0 aliphatic rings. The summed E-state index contributed by atoms with van der Waals surface area (Å²) >= 11 is 3.27. The van der Waals surface area contributed by atoms with E-state index in [1.54, 1.807) is 6.20 Å². The van der Waals surface area contributed by atoms with Crippen molar-refractivity contribution in [2.24, 2.45) is 0 Å². The number of ether oxygens (including phenoxy) is 1. The number of aromatic nitrogens is 1. The van der Waals surface area contributed by atoms with Crippen LogP contribution in [0.1, 0.15) is 6.92 Å². The fourth-order valence-electron chi connectivity index (χ4n) is 0.916. The van der Waals surface area contributed by atoms with E-state index in [1.807, 2.05) is 19.1 Å². The van der Waals surface area contributed by atoms with Gasteiger partial charge in [-0.2, -0.15) is 0 Å². The number of rotatable bonds is 5. The van der Waals surface area contributed by atoms with Crippen molar-refractivity contribution in [3.05, 3.63) is 29.4 Å². The highest BCUT2D eigenvalue weighted by atomic mass is 79.9. The van der Waals surface area contributed by atoms with E-state index in [1.165, 1.54) is 0 Å². The van der Waals surface area contributed by atoms with Crippen molar-refractivity contribution in [3.63, 3.8) is 0 Å². The van der Waals surface area contributed by atoms with Gasteiger partial charge in [0.25, 0.3) is 0 Å². The Morgan fingerprint density at radius 1 is 1.64 bits per heavy atom. The van der Waals surface area contributed by atoms with Crippen LogP contribution < -0.4 is 10.1 Å². The first-order valence-electron chi connectivity index (χ1n) is 4.38. The summed E-state index contributed by atoms with van der Waals surface area (Å²) in [6, 6.07) is 3.76. The van der Waals surface area contributed by atoms with Gasteiger partial charge in [0, 0.05) is 17.1 Å². The van der Waals surface area contributed by atoms with Crippen molar-refractivity contribution in [3.8, 4) is 5.88 Å². The molecule has 1 N–H and O–H groups in total. The SMILES string of the molecule is C=C(Br)CNc1ccc(OCC)nc1. The Morgan fingerprint density at radius 3 is 2.93 bits per heavy atom. The second-order valence-electron chi connectivity index (χ2n) is 2.69. The maximum absolute atomic E-state index is 5.22. The maximum atomic E-state index is 5.22. The fourth-order valence-corrected chi connectivity index (χ4v) is 1.06. The lowest BCUT2D eigenvalue weighted by Crippen LogP contribution is -2.01. The summed E-state index contributed by atoms with van der Waals surface area (Å²) in [5, 5.41) is 3.15. The lowest BCUT2D eigenvalue weighted by Gasteiger charge is -2.05. The van der Waals surface area contributed by atoms with Crippen LogP contribution in [0, 0.1) is 0 Å². The standard InChI is InChI=1S/C10H13BrN2O/c1-3-14-10-5-4-9(7-13-10)12-6-8(2)11/h4-5,7,12H,2-3,6H2,1H3. The molecule has 1 heterocycles. The van der Waals surface area contributed by atoms with Gasteiger partial charge in [0.05, 0.1) is 18.5 Å². The molecule has 3 nitrogen and oxygen atoms in total. The molecule has 0 saturated heterocycles. The van der Waals surface area contributed by atoms with Crippen molar-refractivity contribution in [2.75, 3.05) is 18.5 Å². The largest absolute Gasteiger partial charge is 0.478 e. The molecule has 4 heteroatoms. The molecule has 0 aliphatic heterocycles. The highest BCUT2D eigenvalue weighted by Crippen LogP contribution is 2.12. The van der Waals surface area contributed by atoms with E-state index >= 15 is 0 Å². The van der Waals surface area contributed by atoms with Crippen molar-refractivity contribution < 1.29 is 4.74 Å². The predicted octanol–water partition coefficient (Wildman–Crippen LogP) is 2.80. The zero-order valence-electron chi connectivity index (χ0n) is 8.09. The number of pyridine rings is 1. The monoisotopic (exact) mass is 256 g/mol. The molecule has 1 aromatic rings. The summed E-state index contributed by atoms with van der Waals surface area (Å²) in [4.78, 5) is 4.12. The molecule has 0 saturated carbocycles. The molecular formula is C10H13BrN2O. The Morgan fingerprint density at radius 2 is 2.43 bits per heavy atom. The minimum absolute atomic E-state index is 0.637. The van der Waals surface area contributed by atoms with Gasteiger partial charge in [0.1, 0.15) is 0 Å². The number of nitrogens with zero attached hydrogens (tertiary/aromatic N) is 1. The molecule has 0 fully saturated rings. The molecule has 0 spiro atoms. The first-order chi connectivity index (χ1) is 6.72. The Labute approximate surface area is 92.3 Å². The normalized spacial score (nSPS) is 9.57. The summed E-state index contributed by atoms with van der Waals surface area (Å²) in [7, 11) is 0. The van der Waals surface area contributed by atoms with E-state index in [-0.39, 0.29) is 0 Å². The highest BCUT2D eigenvalue weighted by Gasteiger charge is 1.95. The second kappa shape index (κ2) is 5.65. The van der Waals surface area contributed by atoms with Crippen molar-refractivity contribution in [1.29, 1.82) is 0 Å². The van der Waals surface area contributed by atoms with E-state index in [9.17, 15) is 0 Å². The van der Waals surface area contributed by atoms with Gasteiger partial charge in [-0.05, 0) is 13.0 Å². The number of nitrogens with one attached hydrogen (secondary N) is 1. The molecule has 1 aromatic heterocycles. The van der Waals surface area contributed by atoms with E-state index in [0.717, 1.165) is 10.2 Å². The first-order valence-corrected chi connectivity index (χ1v) is 5.17. The molecule has 14 heavy (non-hydrogen) atoms. The first kappa shape index (κ1) is 11.0. The predicted molar refractivity (Wildman–Crippen MR) is 62.0 cm³/mol. The van der Waals surface area contributed by atoms with Gasteiger partial charge in [-0.1, -0.05) is 22.5 Å². The topological polar surface area (TPSA) is 34.1 Å². The van der Waals surface area contributed by atoms with Crippen LogP contribution in [0.3, 0.4) is 0 Å². The van der Waals surface area contributed by atoms with Gasteiger partial charge in [-0.15, -0.1) is 0 Å². The quantitative estimate of drug-likeness (QED) is 0.880. The Hall–Kier alpha value is -1.03. The molecule has 0 aromatic carbocycles. The van der Waals surface area contributed by atoms with Crippen molar-refractivity contribution in [1.82, 2.24) is 4.98 Å². The Bertz CT molecular complexity index is 297. The van der Waals surface area contributed by atoms with Crippen molar-refractivity contribution >= 4 is 21.6 Å². The van der Waals surface area contributed by atoms with Crippen molar-refractivity contribution in [2.45, 2.75) is 6.92 Å². The third-order valence-electron chi connectivity index (χ3n) is 1.51. The summed E-state index contributed by atoms with van der Waals surface area (Å²) in [5.41, 5.74) is 0.953. The number of anilines is 1. The van der Waals surface area contributed by atoms with Crippen LogP contribution in [0.5, 0.6) is 5.88 Å². The Balaban J connectivity index is 2.50. The minimum atomic E-state index is 0.637. The molecule has 0 aliphatic carbocycles. The van der Waals surface area contributed by atoms with Crippen LogP contribution in [0.2, 0.25) is 0 Å². The zero-order valence-corrected chi connectivity index (χ0v) is 9.67. The van der Waals surface area contributed by atoms with E-state index in [0.29, 0.717) is 19.0 Å². The summed E-state index contributed by atoms with van der Waals surface area (Å²) in [6.07, 6.45) is 1.74. The van der Waals surface area contributed by atoms with Crippen LogP contribution in [-0.4, -0.2) is 18.1 Å². The van der Waals surface area contributed by atoms with E-state index in [2.05, 4.69) is 32.8 Å². The molecule has 1 rings (SSSR count). The van der Waals surface area contributed by atoms with E-state index < -0.39 is 0 Å². The molecular weight excluding hydrogens is 244 g/mol. The van der Waals surface area contributed by atoms with E-state index in [4.69, 9.17) is 4.74 Å². The summed E-state index contributed by atoms with van der Waals surface area (Å²) in [5.74, 6) is 0.649. The van der Waals surface area contributed by atoms with Crippen LogP contribution in [0.4, 0.5) is 5.69 Å². The van der Waals surface area contributed by atoms with Gasteiger partial charge in [0.2, 0.25) is 5.88 Å². The number of hydrogen-bond acceptors (Lipinski definition) is 3. The average molecular weight is 257 g/mol. The zero-order chi connectivity index (χ0) is 10.4. The van der Waals surface area contributed by atoms with Gasteiger partial charge in [-0.3, -0.25) is 0 Å². The highest BCUT2D eigenvalue weighted by molar-refractivity contribution is 9.11. The molecule has 0 unspecified atom stereocenters. The molecule has 0 bridgehead atoms. The van der Waals surface area contributed by atoms with Gasteiger partial charge in [-0.25, -0.2) is 4.98 Å². The minimum Gasteiger partial charge on any atom is -0.478 e. The lowest BCUT2D eigenvalue weighted by molar-refractivity contribution is 0.327. The average Bonchev–Trinajstić information content (AvgIpc) is 2.17. The smallest absolute Gasteiger partial charge is 0.213 e. The van der Waals surface area contributed by atoms with Gasteiger partial charge < -0.3 is 10.1 Å². The van der Waals surface area contributed by atoms with Crippen LogP contribution >= 0.6 is 15.9 Å². The number of halogens is 1. The fraction of sp³-hybridized carbons (Fsp3) is 0.300. The molecule has 0 atom stereocenters. The van der Waals surface area contributed by atoms with Gasteiger partial charge >= 0.3 is 0 Å². The molecule has 76 valence electrons. The third kappa shape index (κ3) is 3.79.